The third kappa shape index (κ3) is 3.50. The number of nitrogens with zero attached hydrogens (tertiary/aromatic N) is 3. The number of rotatable bonds is 4. The average Bonchev–Trinajstić information content (AvgIpc) is 3.32. The van der Waals surface area contributed by atoms with Gasteiger partial charge in [0.05, 0.1) is 24.6 Å². The number of carbonyl (C=O) groups is 1. The minimum atomic E-state index is 0.126. The van der Waals surface area contributed by atoms with Crippen molar-refractivity contribution in [2.75, 3.05) is 26.3 Å². The number of amides is 1. The van der Waals surface area contributed by atoms with Gasteiger partial charge in [-0.05, 0) is 12.1 Å². The van der Waals surface area contributed by atoms with Crippen LogP contribution >= 0.6 is 11.3 Å². The highest BCUT2D eigenvalue weighted by molar-refractivity contribution is 7.13. The van der Waals surface area contributed by atoms with Gasteiger partial charge in [0.25, 0.3) is 0 Å². The van der Waals surface area contributed by atoms with E-state index in [4.69, 9.17) is 9.72 Å². The summed E-state index contributed by atoms with van der Waals surface area (Å²) >= 11 is 1.60. The molecule has 1 aliphatic rings. The number of ether oxygens (including phenoxy) is 1. The van der Waals surface area contributed by atoms with Crippen LogP contribution in [0, 0.1) is 0 Å². The van der Waals surface area contributed by atoms with Gasteiger partial charge in [0, 0.05) is 30.2 Å². The summed E-state index contributed by atoms with van der Waals surface area (Å²) in [6.45, 7) is 2.92. The van der Waals surface area contributed by atoms with Crippen LogP contribution in [0.1, 0.15) is 0 Å². The fourth-order valence-electron chi connectivity index (χ4n) is 2.94. The predicted octanol–water partition coefficient (Wildman–Crippen LogP) is 3.14. The van der Waals surface area contributed by atoms with Crippen molar-refractivity contribution in [2.45, 2.75) is 6.54 Å². The number of thiazole rings is 1. The van der Waals surface area contributed by atoms with Crippen molar-refractivity contribution in [3.05, 3.63) is 54.0 Å². The minimum absolute atomic E-state index is 0.126. The molecule has 25 heavy (non-hydrogen) atoms. The standard InChI is InChI=1S/C19H19N3O2S/c23-18(21-9-11-24-12-10-21)13-22-8-4-7-17(22)19-20-16(14-25-19)15-5-2-1-3-6-15/h1-8,14H,9-13H2. The third-order valence-electron chi connectivity index (χ3n) is 4.29. The Morgan fingerprint density at radius 3 is 2.72 bits per heavy atom. The molecule has 4 rings (SSSR count). The molecule has 1 amide bonds. The molecule has 1 aliphatic heterocycles. The van der Waals surface area contributed by atoms with Crippen LogP contribution in [-0.4, -0.2) is 46.7 Å². The van der Waals surface area contributed by atoms with Crippen LogP contribution < -0.4 is 0 Å². The van der Waals surface area contributed by atoms with Gasteiger partial charge in [-0.25, -0.2) is 4.98 Å². The maximum atomic E-state index is 12.5. The van der Waals surface area contributed by atoms with Gasteiger partial charge in [0.15, 0.2) is 0 Å². The lowest BCUT2D eigenvalue weighted by molar-refractivity contribution is -0.135. The van der Waals surface area contributed by atoms with Crippen molar-refractivity contribution < 1.29 is 9.53 Å². The van der Waals surface area contributed by atoms with Crippen LogP contribution in [0.4, 0.5) is 0 Å². The quantitative estimate of drug-likeness (QED) is 0.724. The lowest BCUT2D eigenvalue weighted by atomic mass is 10.2. The van der Waals surface area contributed by atoms with Gasteiger partial charge in [0.1, 0.15) is 11.6 Å². The number of hydrogen-bond acceptors (Lipinski definition) is 4. The molecule has 1 aromatic carbocycles. The van der Waals surface area contributed by atoms with Crippen LogP contribution in [-0.2, 0) is 16.1 Å². The molecule has 128 valence electrons. The summed E-state index contributed by atoms with van der Waals surface area (Å²) in [5.74, 6) is 0.126. The summed E-state index contributed by atoms with van der Waals surface area (Å²) in [4.78, 5) is 19.1. The maximum Gasteiger partial charge on any atom is 0.242 e. The minimum Gasteiger partial charge on any atom is -0.378 e. The van der Waals surface area contributed by atoms with E-state index in [1.165, 1.54) is 0 Å². The van der Waals surface area contributed by atoms with Gasteiger partial charge >= 0.3 is 0 Å². The van der Waals surface area contributed by atoms with Crippen molar-refractivity contribution >= 4 is 17.2 Å². The van der Waals surface area contributed by atoms with Crippen LogP contribution in [0.15, 0.2) is 54.0 Å². The van der Waals surface area contributed by atoms with Gasteiger partial charge in [-0.15, -0.1) is 11.3 Å². The summed E-state index contributed by atoms with van der Waals surface area (Å²) in [6.07, 6.45) is 1.94. The van der Waals surface area contributed by atoms with E-state index in [9.17, 15) is 4.79 Å². The van der Waals surface area contributed by atoms with E-state index < -0.39 is 0 Å². The Bertz CT molecular complexity index is 850. The summed E-state index contributed by atoms with van der Waals surface area (Å²) in [5, 5.41) is 2.99. The average molecular weight is 353 g/mol. The second-order valence-electron chi connectivity index (χ2n) is 5.92. The Kier molecular flexibility index (Phi) is 4.63. The Morgan fingerprint density at radius 1 is 1.12 bits per heavy atom. The molecular formula is C19H19N3O2S. The highest BCUT2D eigenvalue weighted by Gasteiger charge is 2.19. The molecule has 0 N–H and O–H groups in total. The fourth-order valence-corrected chi connectivity index (χ4v) is 3.81. The fraction of sp³-hybridized carbons (Fsp3) is 0.263. The van der Waals surface area contributed by atoms with Crippen molar-refractivity contribution in [2.24, 2.45) is 0 Å². The normalized spacial score (nSPS) is 14.6. The zero-order valence-electron chi connectivity index (χ0n) is 13.8. The van der Waals surface area contributed by atoms with Gasteiger partial charge in [-0.1, -0.05) is 30.3 Å². The maximum absolute atomic E-state index is 12.5. The number of carbonyl (C=O) groups excluding carboxylic acids is 1. The number of morpholine rings is 1. The first kappa shape index (κ1) is 16.1. The van der Waals surface area contributed by atoms with Crippen molar-refractivity contribution in [1.82, 2.24) is 14.5 Å². The Hall–Kier alpha value is -2.44. The number of benzene rings is 1. The van der Waals surface area contributed by atoms with E-state index in [1.807, 2.05) is 46.0 Å². The molecule has 0 unspecified atom stereocenters. The number of aromatic nitrogens is 2. The van der Waals surface area contributed by atoms with Gasteiger partial charge in [-0.3, -0.25) is 4.79 Å². The van der Waals surface area contributed by atoms with Crippen LogP contribution in [0.3, 0.4) is 0 Å². The summed E-state index contributed by atoms with van der Waals surface area (Å²) in [7, 11) is 0. The van der Waals surface area contributed by atoms with E-state index in [2.05, 4.69) is 17.5 Å². The zero-order valence-corrected chi connectivity index (χ0v) is 14.6. The molecule has 3 aromatic rings. The lowest BCUT2D eigenvalue weighted by Crippen LogP contribution is -2.42. The van der Waals surface area contributed by atoms with Crippen molar-refractivity contribution in [1.29, 1.82) is 0 Å². The molecule has 2 aromatic heterocycles. The first-order valence-electron chi connectivity index (χ1n) is 8.33. The van der Waals surface area contributed by atoms with Gasteiger partial charge in [0.2, 0.25) is 5.91 Å². The molecule has 0 atom stereocenters. The van der Waals surface area contributed by atoms with E-state index in [0.29, 0.717) is 32.8 Å². The van der Waals surface area contributed by atoms with E-state index in [-0.39, 0.29) is 5.91 Å². The highest BCUT2D eigenvalue weighted by Crippen LogP contribution is 2.29. The van der Waals surface area contributed by atoms with E-state index in [0.717, 1.165) is 22.0 Å². The molecule has 0 spiro atoms. The first-order valence-corrected chi connectivity index (χ1v) is 9.21. The summed E-state index contributed by atoms with van der Waals surface area (Å²) in [6, 6.07) is 14.1. The highest BCUT2D eigenvalue weighted by atomic mass is 32.1. The Labute approximate surface area is 150 Å². The molecule has 0 bridgehead atoms. The largest absolute Gasteiger partial charge is 0.378 e. The molecule has 6 heteroatoms. The molecule has 3 heterocycles. The van der Waals surface area contributed by atoms with Crippen molar-refractivity contribution in [3.63, 3.8) is 0 Å². The number of hydrogen-bond donors (Lipinski definition) is 0. The van der Waals surface area contributed by atoms with Gasteiger partial charge < -0.3 is 14.2 Å². The monoisotopic (exact) mass is 353 g/mol. The van der Waals surface area contributed by atoms with Gasteiger partial charge in [-0.2, -0.15) is 0 Å². The molecule has 5 nitrogen and oxygen atoms in total. The van der Waals surface area contributed by atoms with Crippen LogP contribution in [0.25, 0.3) is 22.0 Å². The molecule has 1 fully saturated rings. The molecule has 0 aliphatic carbocycles. The van der Waals surface area contributed by atoms with Crippen LogP contribution in [0.2, 0.25) is 0 Å². The first-order chi connectivity index (χ1) is 12.3. The molecule has 1 saturated heterocycles. The molecule has 0 saturated carbocycles. The second-order valence-corrected chi connectivity index (χ2v) is 6.78. The van der Waals surface area contributed by atoms with E-state index >= 15 is 0 Å². The van der Waals surface area contributed by atoms with Crippen LogP contribution in [0.5, 0.6) is 0 Å². The SMILES string of the molecule is O=C(Cn1cccc1-c1nc(-c2ccccc2)cs1)N1CCOCC1. The second kappa shape index (κ2) is 7.21. The topological polar surface area (TPSA) is 47.4 Å². The van der Waals surface area contributed by atoms with E-state index in [1.54, 1.807) is 11.3 Å². The third-order valence-corrected chi connectivity index (χ3v) is 5.16. The predicted molar refractivity (Wildman–Crippen MR) is 98.4 cm³/mol. The zero-order chi connectivity index (χ0) is 17.1. The summed E-state index contributed by atoms with van der Waals surface area (Å²) in [5.41, 5.74) is 3.05. The van der Waals surface area contributed by atoms with Crippen molar-refractivity contribution in [3.8, 4) is 22.0 Å². The Balaban J connectivity index is 1.53. The lowest BCUT2D eigenvalue weighted by Gasteiger charge is -2.27. The smallest absolute Gasteiger partial charge is 0.242 e. The Morgan fingerprint density at radius 2 is 1.92 bits per heavy atom. The molecular weight excluding hydrogens is 334 g/mol. The molecule has 0 radical (unpaired) electrons. The summed E-state index contributed by atoms with van der Waals surface area (Å²) < 4.78 is 7.29.